The Labute approximate surface area is 99.4 Å². The highest BCUT2D eigenvalue weighted by atomic mass is 16.5. The lowest BCUT2D eigenvalue weighted by atomic mass is 10.1. The van der Waals surface area contributed by atoms with E-state index in [1.54, 1.807) is 7.11 Å². The third-order valence-electron chi connectivity index (χ3n) is 2.22. The van der Waals surface area contributed by atoms with Crippen molar-refractivity contribution in [2.45, 2.75) is 12.8 Å². The zero-order valence-electron chi connectivity index (χ0n) is 9.60. The molecule has 1 amide bonds. The van der Waals surface area contributed by atoms with Gasteiger partial charge in [0.05, 0.1) is 7.11 Å². The van der Waals surface area contributed by atoms with Crippen LogP contribution in [0, 0.1) is 0 Å². The minimum absolute atomic E-state index is 0.395. The molecule has 5 heteroatoms. The number of carbonyl (C=O) groups excluding carboxylic acids is 1. The number of aliphatic carboxylic acids is 1. The summed E-state index contributed by atoms with van der Waals surface area (Å²) in [5.74, 6) is -0.841. The highest BCUT2D eigenvalue weighted by Gasteiger charge is 2.07. The van der Waals surface area contributed by atoms with Crippen LogP contribution in [-0.4, -0.2) is 30.6 Å². The van der Waals surface area contributed by atoms with Crippen LogP contribution in [0.2, 0.25) is 0 Å². The summed E-state index contributed by atoms with van der Waals surface area (Å²) in [4.78, 5) is 21.3. The Kier molecular flexibility index (Phi) is 5.00. The molecular weight excluding hydrogens is 222 g/mol. The van der Waals surface area contributed by atoms with E-state index in [9.17, 15) is 9.59 Å². The first-order chi connectivity index (χ1) is 8.13. The van der Waals surface area contributed by atoms with Crippen LogP contribution in [0.5, 0.6) is 5.75 Å². The lowest BCUT2D eigenvalue weighted by molar-refractivity contribution is -0.140. The van der Waals surface area contributed by atoms with E-state index in [0.29, 0.717) is 13.0 Å². The first-order valence-corrected chi connectivity index (χ1v) is 5.24. The molecule has 0 unspecified atom stereocenters. The van der Waals surface area contributed by atoms with Crippen molar-refractivity contribution in [2.75, 3.05) is 13.7 Å². The van der Waals surface area contributed by atoms with Gasteiger partial charge in [-0.15, -0.1) is 0 Å². The fourth-order valence-corrected chi connectivity index (χ4v) is 1.45. The molecule has 0 aliphatic rings. The van der Waals surface area contributed by atoms with E-state index in [-0.39, 0.29) is 0 Å². The van der Waals surface area contributed by atoms with Gasteiger partial charge in [-0.1, -0.05) is 18.2 Å². The van der Waals surface area contributed by atoms with Crippen molar-refractivity contribution in [1.82, 2.24) is 5.32 Å². The van der Waals surface area contributed by atoms with Crippen LogP contribution in [0.3, 0.4) is 0 Å². The topological polar surface area (TPSA) is 75.6 Å². The molecule has 0 aliphatic heterocycles. The number of para-hydroxylation sites is 1. The molecule has 17 heavy (non-hydrogen) atoms. The molecular formula is C12H15NO4. The van der Waals surface area contributed by atoms with Gasteiger partial charge in [-0.25, -0.2) is 0 Å². The number of carboxylic acids is 1. The fourth-order valence-electron chi connectivity index (χ4n) is 1.45. The van der Waals surface area contributed by atoms with Crippen LogP contribution in [0.4, 0.5) is 0 Å². The minimum atomic E-state index is -1.13. The van der Waals surface area contributed by atoms with Gasteiger partial charge in [0.1, 0.15) is 12.2 Å². The molecule has 0 heterocycles. The number of methoxy groups -OCH3 is 1. The lowest BCUT2D eigenvalue weighted by Crippen LogP contribution is -2.27. The molecule has 0 saturated heterocycles. The van der Waals surface area contributed by atoms with Crippen LogP contribution in [0.1, 0.15) is 12.0 Å². The van der Waals surface area contributed by atoms with E-state index in [1.165, 1.54) is 0 Å². The van der Waals surface area contributed by atoms with Gasteiger partial charge in [-0.05, 0) is 18.1 Å². The maximum absolute atomic E-state index is 11.1. The van der Waals surface area contributed by atoms with E-state index in [0.717, 1.165) is 11.3 Å². The van der Waals surface area contributed by atoms with Crippen LogP contribution >= 0.6 is 0 Å². The molecule has 0 aromatic heterocycles. The second kappa shape index (κ2) is 6.52. The number of nitrogens with one attached hydrogen (secondary N) is 1. The molecule has 0 bridgehead atoms. The molecule has 1 aromatic rings. The minimum Gasteiger partial charge on any atom is -0.496 e. The first kappa shape index (κ1) is 13.0. The number of hydrogen-bond acceptors (Lipinski definition) is 3. The summed E-state index contributed by atoms with van der Waals surface area (Å²) in [5, 5.41) is 10.9. The second-order valence-electron chi connectivity index (χ2n) is 3.48. The van der Waals surface area contributed by atoms with E-state index < -0.39 is 18.3 Å². The standard InChI is InChI=1S/C12H15NO4/c1-17-10-5-3-2-4-9(10)6-7-13-11(14)8-12(15)16/h2-5H,6-8H2,1H3,(H,13,14)(H,15,16). The summed E-state index contributed by atoms with van der Waals surface area (Å²) in [5.41, 5.74) is 0.977. The number of carboxylic acid groups (broad SMARTS) is 1. The Morgan fingerprint density at radius 3 is 2.71 bits per heavy atom. The van der Waals surface area contributed by atoms with Crippen LogP contribution in [0.15, 0.2) is 24.3 Å². The summed E-state index contributed by atoms with van der Waals surface area (Å²) in [6.07, 6.45) is 0.112. The first-order valence-electron chi connectivity index (χ1n) is 5.24. The number of amides is 1. The van der Waals surface area contributed by atoms with Crippen LogP contribution < -0.4 is 10.1 Å². The SMILES string of the molecule is COc1ccccc1CCNC(=O)CC(=O)O. The van der Waals surface area contributed by atoms with Gasteiger partial charge < -0.3 is 15.2 Å². The highest BCUT2D eigenvalue weighted by molar-refractivity contribution is 5.93. The summed E-state index contributed by atoms with van der Waals surface area (Å²) in [6.45, 7) is 0.395. The van der Waals surface area contributed by atoms with Crippen molar-refractivity contribution >= 4 is 11.9 Å². The van der Waals surface area contributed by atoms with Gasteiger partial charge in [-0.2, -0.15) is 0 Å². The molecule has 1 aromatic carbocycles. The van der Waals surface area contributed by atoms with E-state index in [4.69, 9.17) is 9.84 Å². The van der Waals surface area contributed by atoms with Gasteiger partial charge in [0, 0.05) is 6.54 Å². The van der Waals surface area contributed by atoms with Gasteiger partial charge in [0.15, 0.2) is 0 Å². The Morgan fingerprint density at radius 1 is 1.35 bits per heavy atom. The molecule has 0 fully saturated rings. The number of rotatable bonds is 6. The van der Waals surface area contributed by atoms with Gasteiger partial charge >= 0.3 is 5.97 Å². The maximum atomic E-state index is 11.1. The van der Waals surface area contributed by atoms with Crippen molar-refractivity contribution in [3.05, 3.63) is 29.8 Å². The van der Waals surface area contributed by atoms with Crippen molar-refractivity contribution in [3.63, 3.8) is 0 Å². The van der Waals surface area contributed by atoms with E-state index in [1.807, 2.05) is 24.3 Å². The normalized spacial score (nSPS) is 9.71. The summed E-state index contributed by atoms with van der Waals surface area (Å²) >= 11 is 0. The molecule has 2 N–H and O–H groups in total. The zero-order valence-corrected chi connectivity index (χ0v) is 9.60. The molecule has 1 rings (SSSR count). The zero-order chi connectivity index (χ0) is 12.7. The molecule has 0 spiro atoms. The number of ether oxygens (including phenoxy) is 1. The number of carbonyl (C=O) groups is 2. The average Bonchev–Trinajstić information content (AvgIpc) is 2.28. The van der Waals surface area contributed by atoms with Gasteiger partial charge in [0.2, 0.25) is 5.91 Å². The van der Waals surface area contributed by atoms with E-state index in [2.05, 4.69) is 5.32 Å². The van der Waals surface area contributed by atoms with Crippen molar-refractivity contribution < 1.29 is 19.4 Å². The van der Waals surface area contributed by atoms with Crippen molar-refractivity contribution in [2.24, 2.45) is 0 Å². The predicted octanol–water partition coefficient (Wildman–Crippen LogP) is 0.829. The maximum Gasteiger partial charge on any atom is 0.312 e. The van der Waals surface area contributed by atoms with Crippen molar-refractivity contribution in [3.8, 4) is 5.75 Å². The molecule has 5 nitrogen and oxygen atoms in total. The summed E-state index contributed by atoms with van der Waals surface area (Å²) in [6, 6.07) is 7.50. The molecule has 0 aliphatic carbocycles. The Hall–Kier alpha value is -2.04. The highest BCUT2D eigenvalue weighted by Crippen LogP contribution is 2.17. The van der Waals surface area contributed by atoms with Crippen molar-refractivity contribution in [1.29, 1.82) is 0 Å². The Bertz CT molecular complexity index is 403. The quantitative estimate of drug-likeness (QED) is 0.718. The van der Waals surface area contributed by atoms with Crippen LogP contribution in [0.25, 0.3) is 0 Å². The van der Waals surface area contributed by atoms with Gasteiger partial charge in [0.25, 0.3) is 0 Å². The average molecular weight is 237 g/mol. The third-order valence-corrected chi connectivity index (χ3v) is 2.22. The summed E-state index contributed by atoms with van der Waals surface area (Å²) < 4.78 is 5.16. The predicted molar refractivity (Wildman–Crippen MR) is 62.0 cm³/mol. The van der Waals surface area contributed by atoms with E-state index >= 15 is 0 Å². The molecule has 0 atom stereocenters. The third kappa shape index (κ3) is 4.55. The fraction of sp³-hybridized carbons (Fsp3) is 0.333. The molecule has 0 radical (unpaired) electrons. The molecule has 0 saturated carbocycles. The Morgan fingerprint density at radius 2 is 2.06 bits per heavy atom. The second-order valence-corrected chi connectivity index (χ2v) is 3.48. The lowest BCUT2D eigenvalue weighted by Gasteiger charge is -2.08. The largest absolute Gasteiger partial charge is 0.496 e. The van der Waals surface area contributed by atoms with Gasteiger partial charge in [-0.3, -0.25) is 9.59 Å². The number of hydrogen-bond donors (Lipinski definition) is 2. The Balaban J connectivity index is 2.40. The molecule has 92 valence electrons. The smallest absolute Gasteiger partial charge is 0.312 e. The monoisotopic (exact) mass is 237 g/mol. The number of benzene rings is 1. The van der Waals surface area contributed by atoms with Crippen LogP contribution in [-0.2, 0) is 16.0 Å². The summed E-state index contributed by atoms with van der Waals surface area (Å²) in [7, 11) is 1.59.